The summed E-state index contributed by atoms with van der Waals surface area (Å²) in [6, 6.07) is -0.0944. The van der Waals surface area contributed by atoms with E-state index in [0.29, 0.717) is 0 Å². The highest BCUT2D eigenvalue weighted by atomic mass is 16.2. The molecular formula is C7H16N4O. The van der Waals surface area contributed by atoms with E-state index in [2.05, 4.69) is 4.90 Å². The number of hydrazine groups is 1. The van der Waals surface area contributed by atoms with Gasteiger partial charge >= 0.3 is 6.03 Å². The van der Waals surface area contributed by atoms with Gasteiger partial charge < -0.3 is 9.80 Å². The minimum absolute atomic E-state index is 0.0944. The van der Waals surface area contributed by atoms with Crippen LogP contribution in [0.1, 0.15) is 0 Å². The number of nitrogens with two attached hydrogens (primary N) is 1. The van der Waals surface area contributed by atoms with Crippen molar-refractivity contribution in [3.63, 3.8) is 0 Å². The van der Waals surface area contributed by atoms with Gasteiger partial charge in [-0.15, -0.1) is 0 Å². The number of hydrogen-bond donors (Lipinski definition) is 1. The molecule has 0 atom stereocenters. The van der Waals surface area contributed by atoms with E-state index in [-0.39, 0.29) is 6.03 Å². The second-order valence-corrected chi connectivity index (χ2v) is 3.18. The molecular weight excluding hydrogens is 156 g/mol. The largest absolute Gasteiger partial charge is 0.333 e. The van der Waals surface area contributed by atoms with E-state index in [0.717, 1.165) is 31.2 Å². The van der Waals surface area contributed by atoms with Gasteiger partial charge in [-0.2, -0.15) is 0 Å². The Balaban J connectivity index is 2.39. The fraction of sp³-hybridized carbons (Fsp3) is 0.857. The topological polar surface area (TPSA) is 52.8 Å². The fourth-order valence-electron chi connectivity index (χ4n) is 1.22. The van der Waals surface area contributed by atoms with Gasteiger partial charge in [0, 0.05) is 33.2 Å². The summed E-state index contributed by atoms with van der Waals surface area (Å²) >= 11 is 0. The van der Waals surface area contributed by atoms with Crippen LogP contribution in [0.2, 0.25) is 0 Å². The van der Waals surface area contributed by atoms with Crippen LogP contribution >= 0.6 is 0 Å². The lowest BCUT2D eigenvalue weighted by Gasteiger charge is -2.33. The molecule has 1 rings (SSSR count). The summed E-state index contributed by atoms with van der Waals surface area (Å²) in [5, 5.41) is 1.13. The first-order valence-electron chi connectivity index (χ1n) is 4.07. The van der Waals surface area contributed by atoms with Crippen LogP contribution in [-0.4, -0.2) is 61.1 Å². The Morgan fingerprint density at radius 2 is 1.83 bits per heavy atom. The van der Waals surface area contributed by atoms with Crippen molar-refractivity contribution in [2.45, 2.75) is 0 Å². The molecule has 1 aliphatic heterocycles. The molecule has 0 saturated carbocycles. The van der Waals surface area contributed by atoms with Crippen molar-refractivity contribution in [1.29, 1.82) is 0 Å². The maximum atomic E-state index is 11.3. The van der Waals surface area contributed by atoms with Gasteiger partial charge in [0.2, 0.25) is 0 Å². The van der Waals surface area contributed by atoms with Crippen molar-refractivity contribution in [2.75, 3.05) is 40.3 Å². The molecule has 0 spiro atoms. The van der Waals surface area contributed by atoms with Crippen LogP contribution in [0.15, 0.2) is 0 Å². The molecule has 0 aliphatic carbocycles. The van der Waals surface area contributed by atoms with E-state index in [9.17, 15) is 4.79 Å². The summed E-state index contributed by atoms with van der Waals surface area (Å²) in [7, 11) is 3.62. The van der Waals surface area contributed by atoms with Crippen molar-refractivity contribution in [2.24, 2.45) is 5.84 Å². The lowest BCUT2D eigenvalue weighted by Crippen LogP contribution is -2.52. The number of likely N-dealkylation sites (N-methyl/N-ethyl adjacent to an activating group) is 1. The Kier molecular flexibility index (Phi) is 2.88. The van der Waals surface area contributed by atoms with Crippen molar-refractivity contribution in [3.8, 4) is 0 Å². The second-order valence-electron chi connectivity index (χ2n) is 3.18. The molecule has 5 nitrogen and oxygen atoms in total. The van der Waals surface area contributed by atoms with Gasteiger partial charge in [-0.05, 0) is 7.05 Å². The number of nitrogens with zero attached hydrogens (tertiary/aromatic N) is 3. The van der Waals surface area contributed by atoms with Crippen molar-refractivity contribution in [1.82, 2.24) is 14.8 Å². The normalized spacial score (nSPS) is 19.4. The lowest BCUT2D eigenvalue weighted by molar-refractivity contribution is 0.129. The molecule has 0 aromatic carbocycles. The van der Waals surface area contributed by atoms with Gasteiger partial charge in [-0.3, -0.25) is 5.01 Å². The summed E-state index contributed by atoms with van der Waals surface area (Å²) in [6.45, 7) is 3.41. The van der Waals surface area contributed by atoms with Gasteiger partial charge in [0.05, 0.1) is 0 Å². The summed E-state index contributed by atoms with van der Waals surface area (Å²) in [6.07, 6.45) is 0. The van der Waals surface area contributed by atoms with Crippen LogP contribution in [0.4, 0.5) is 4.79 Å². The highest BCUT2D eigenvalue weighted by Gasteiger charge is 2.19. The van der Waals surface area contributed by atoms with Crippen LogP contribution in [0.5, 0.6) is 0 Å². The molecule has 1 saturated heterocycles. The SMILES string of the molecule is CN1CCN(C(=O)N(C)N)CC1. The third kappa shape index (κ3) is 2.09. The Bertz CT molecular complexity index is 163. The van der Waals surface area contributed by atoms with Crippen LogP contribution in [0.25, 0.3) is 0 Å². The molecule has 0 radical (unpaired) electrons. The quantitative estimate of drug-likeness (QED) is 0.294. The average Bonchev–Trinajstić information content (AvgIpc) is 2.04. The zero-order valence-corrected chi connectivity index (χ0v) is 7.66. The Morgan fingerprint density at radius 1 is 1.33 bits per heavy atom. The number of carbonyl (C=O) groups excluding carboxylic acids is 1. The molecule has 70 valence electrons. The minimum Gasteiger partial charge on any atom is -0.321 e. The number of amides is 2. The highest BCUT2D eigenvalue weighted by molar-refractivity contribution is 5.73. The smallest absolute Gasteiger partial charge is 0.321 e. The Hall–Kier alpha value is -0.810. The number of carbonyl (C=O) groups is 1. The molecule has 2 N–H and O–H groups in total. The van der Waals surface area contributed by atoms with Crippen LogP contribution in [0, 0.1) is 0 Å². The highest BCUT2D eigenvalue weighted by Crippen LogP contribution is 2.00. The van der Waals surface area contributed by atoms with Gasteiger partial charge in [0.15, 0.2) is 0 Å². The third-order valence-corrected chi connectivity index (χ3v) is 2.08. The summed E-state index contributed by atoms with van der Waals surface area (Å²) in [4.78, 5) is 15.3. The number of piperazine rings is 1. The summed E-state index contributed by atoms with van der Waals surface area (Å²) in [5.74, 6) is 5.33. The molecule has 0 unspecified atom stereocenters. The summed E-state index contributed by atoms with van der Waals surface area (Å²) < 4.78 is 0. The maximum absolute atomic E-state index is 11.3. The molecule has 2 amide bonds. The van der Waals surface area contributed by atoms with E-state index < -0.39 is 0 Å². The molecule has 0 aromatic heterocycles. The van der Waals surface area contributed by atoms with Gasteiger partial charge in [-0.25, -0.2) is 10.6 Å². The Labute approximate surface area is 72.7 Å². The first-order valence-corrected chi connectivity index (χ1v) is 4.07. The monoisotopic (exact) mass is 172 g/mol. The first-order chi connectivity index (χ1) is 5.61. The average molecular weight is 172 g/mol. The predicted octanol–water partition coefficient (Wildman–Crippen LogP) is -0.841. The van der Waals surface area contributed by atoms with Crippen molar-refractivity contribution < 1.29 is 4.79 Å². The van der Waals surface area contributed by atoms with Gasteiger partial charge in [-0.1, -0.05) is 0 Å². The lowest BCUT2D eigenvalue weighted by atomic mass is 10.3. The predicted molar refractivity (Wildman–Crippen MR) is 46.4 cm³/mol. The number of hydrogen-bond acceptors (Lipinski definition) is 3. The molecule has 1 aliphatic rings. The van der Waals surface area contributed by atoms with Crippen molar-refractivity contribution >= 4 is 6.03 Å². The van der Waals surface area contributed by atoms with E-state index >= 15 is 0 Å². The van der Waals surface area contributed by atoms with Crippen LogP contribution in [0.3, 0.4) is 0 Å². The zero-order valence-electron chi connectivity index (χ0n) is 7.66. The maximum Gasteiger partial charge on any atom is 0.333 e. The van der Waals surface area contributed by atoms with Crippen molar-refractivity contribution in [3.05, 3.63) is 0 Å². The van der Waals surface area contributed by atoms with E-state index in [1.165, 1.54) is 0 Å². The van der Waals surface area contributed by atoms with E-state index in [4.69, 9.17) is 5.84 Å². The number of rotatable bonds is 0. The molecule has 0 bridgehead atoms. The van der Waals surface area contributed by atoms with Crippen LogP contribution in [-0.2, 0) is 0 Å². The first kappa shape index (κ1) is 9.28. The molecule has 1 heterocycles. The Morgan fingerprint density at radius 3 is 2.25 bits per heavy atom. The fourth-order valence-corrected chi connectivity index (χ4v) is 1.22. The second kappa shape index (κ2) is 3.73. The molecule has 1 fully saturated rings. The van der Waals surface area contributed by atoms with Gasteiger partial charge in [0.1, 0.15) is 0 Å². The molecule has 0 aromatic rings. The summed E-state index contributed by atoms with van der Waals surface area (Å²) in [5.41, 5.74) is 0. The van der Waals surface area contributed by atoms with E-state index in [1.807, 2.05) is 7.05 Å². The van der Waals surface area contributed by atoms with Crippen LogP contribution < -0.4 is 5.84 Å². The zero-order chi connectivity index (χ0) is 9.14. The van der Waals surface area contributed by atoms with Gasteiger partial charge in [0.25, 0.3) is 0 Å². The minimum atomic E-state index is -0.0944. The van der Waals surface area contributed by atoms with E-state index in [1.54, 1.807) is 11.9 Å². The molecule has 5 heteroatoms. The number of urea groups is 1. The molecule has 12 heavy (non-hydrogen) atoms. The standard InChI is InChI=1S/C7H16N4O/c1-9-3-5-11(6-4-9)7(12)10(2)8/h3-6,8H2,1-2H3. The third-order valence-electron chi connectivity index (χ3n) is 2.08.